The quantitative estimate of drug-likeness (QED) is 0.702. The molecular weight excluding hydrogens is 344 g/mol. The van der Waals surface area contributed by atoms with Gasteiger partial charge in [-0.1, -0.05) is 43.5 Å². The van der Waals surface area contributed by atoms with Crippen molar-refractivity contribution in [3.63, 3.8) is 0 Å². The van der Waals surface area contributed by atoms with E-state index in [2.05, 4.69) is 34.1 Å². The molecule has 1 spiro atoms. The minimum absolute atomic E-state index is 0.177. The number of piperidine rings is 1. The lowest BCUT2D eigenvalue weighted by atomic mass is 9.67. The van der Waals surface area contributed by atoms with Crippen LogP contribution in [0.2, 0.25) is 0 Å². The van der Waals surface area contributed by atoms with Gasteiger partial charge in [-0.3, -0.25) is 9.69 Å². The van der Waals surface area contributed by atoms with Crippen molar-refractivity contribution >= 4 is 5.91 Å². The fourth-order valence-corrected chi connectivity index (χ4v) is 7.20. The summed E-state index contributed by atoms with van der Waals surface area (Å²) in [4.78, 5) is 17.2. The molecule has 2 saturated carbocycles. The minimum Gasteiger partial charge on any atom is -0.338 e. The molecule has 3 nitrogen and oxygen atoms in total. The maximum atomic E-state index is 12.2. The number of carbonyl (C=O) groups is 1. The Bertz CT molecular complexity index is 707. The second-order valence-corrected chi connectivity index (χ2v) is 10.1. The van der Waals surface area contributed by atoms with Crippen LogP contribution >= 0.6 is 0 Å². The molecule has 2 atom stereocenters. The summed E-state index contributed by atoms with van der Waals surface area (Å²) in [6.07, 6.45) is 12.6. The molecule has 2 bridgehead atoms. The first kappa shape index (κ1) is 18.7. The number of nitrogens with zero attached hydrogens (tertiary/aromatic N) is 2. The summed E-state index contributed by atoms with van der Waals surface area (Å²) in [5.41, 5.74) is 3.09. The molecule has 152 valence electrons. The van der Waals surface area contributed by atoms with Crippen LogP contribution in [0, 0.1) is 11.8 Å². The molecular formula is C25H36N2O. The van der Waals surface area contributed by atoms with E-state index >= 15 is 0 Å². The third kappa shape index (κ3) is 3.20. The molecule has 28 heavy (non-hydrogen) atoms. The first-order chi connectivity index (χ1) is 13.7. The number of amides is 1. The van der Waals surface area contributed by atoms with Gasteiger partial charge in [-0.2, -0.15) is 0 Å². The maximum absolute atomic E-state index is 12.2. The zero-order chi connectivity index (χ0) is 19.1. The molecule has 2 aliphatic carbocycles. The van der Waals surface area contributed by atoms with Crippen molar-refractivity contribution in [2.45, 2.75) is 82.7 Å². The van der Waals surface area contributed by atoms with Crippen LogP contribution in [-0.2, 0) is 16.8 Å². The lowest BCUT2D eigenvalue weighted by molar-refractivity contribution is -0.131. The van der Waals surface area contributed by atoms with Crippen LogP contribution in [0.1, 0.15) is 75.8 Å². The number of likely N-dealkylation sites (tertiary alicyclic amines) is 1. The number of hydrogen-bond acceptors (Lipinski definition) is 2. The van der Waals surface area contributed by atoms with Crippen LogP contribution in [0.5, 0.6) is 0 Å². The summed E-state index contributed by atoms with van der Waals surface area (Å²) in [7, 11) is 0. The average molecular weight is 381 g/mol. The van der Waals surface area contributed by atoms with E-state index in [1.54, 1.807) is 6.92 Å². The first-order valence-corrected chi connectivity index (χ1v) is 11.7. The van der Waals surface area contributed by atoms with Crippen molar-refractivity contribution < 1.29 is 4.79 Å². The normalized spacial score (nSPS) is 32.6. The number of carbonyl (C=O) groups excluding carboxylic acids is 1. The van der Waals surface area contributed by atoms with E-state index in [1.165, 1.54) is 82.0 Å². The van der Waals surface area contributed by atoms with Crippen molar-refractivity contribution in [3.8, 4) is 0 Å². The summed E-state index contributed by atoms with van der Waals surface area (Å²) in [5, 5.41) is 0. The molecule has 1 amide bonds. The highest BCUT2D eigenvalue weighted by atomic mass is 16.2. The second kappa shape index (κ2) is 7.48. The number of hydrogen-bond donors (Lipinski definition) is 0. The molecule has 1 aromatic carbocycles. The van der Waals surface area contributed by atoms with Gasteiger partial charge in [-0.25, -0.2) is 0 Å². The van der Waals surface area contributed by atoms with Gasteiger partial charge >= 0.3 is 0 Å². The molecule has 3 heteroatoms. The largest absolute Gasteiger partial charge is 0.338 e. The van der Waals surface area contributed by atoms with E-state index in [0.29, 0.717) is 0 Å². The smallest absolute Gasteiger partial charge is 0.219 e. The molecule has 2 unspecified atom stereocenters. The van der Waals surface area contributed by atoms with Crippen LogP contribution in [0.15, 0.2) is 24.3 Å². The predicted octanol–water partition coefficient (Wildman–Crippen LogP) is 4.74. The molecule has 0 N–H and O–H groups in total. The molecule has 0 aromatic heterocycles. The van der Waals surface area contributed by atoms with E-state index in [-0.39, 0.29) is 11.3 Å². The van der Waals surface area contributed by atoms with Crippen molar-refractivity contribution in [1.82, 2.24) is 9.80 Å². The lowest BCUT2D eigenvalue weighted by Gasteiger charge is -2.52. The molecule has 1 aromatic rings. The lowest BCUT2D eigenvalue weighted by Crippen LogP contribution is -2.57. The van der Waals surface area contributed by atoms with Crippen LogP contribution in [-0.4, -0.2) is 41.4 Å². The van der Waals surface area contributed by atoms with Crippen LogP contribution in [0.25, 0.3) is 0 Å². The SMILES string of the molecule is CC(=O)N1Cc2ccccc2C2(CCN(C3C4CCCCC3CCC4)CC2)C1. The van der Waals surface area contributed by atoms with E-state index in [0.717, 1.165) is 31.0 Å². The Hall–Kier alpha value is -1.35. The summed E-state index contributed by atoms with van der Waals surface area (Å²) < 4.78 is 0. The van der Waals surface area contributed by atoms with E-state index in [4.69, 9.17) is 0 Å². The molecule has 0 radical (unpaired) electrons. The third-order valence-electron chi connectivity index (χ3n) is 8.58. The zero-order valence-electron chi connectivity index (χ0n) is 17.5. The highest BCUT2D eigenvalue weighted by molar-refractivity contribution is 5.74. The Kier molecular flexibility index (Phi) is 4.99. The first-order valence-electron chi connectivity index (χ1n) is 11.7. The molecule has 2 heterocycles. The topological polar surface area (TPSA) is 23.6 Å². The van der Waals surface area contributed by atoms with Gasteiger partial charge in [0.1, 0.15) is 0 Å². The standard InChI is InChI=1S/C25H36N2O/c1-19(28)27-17-22-9-4-5-12-23(22)25(18-27)13-15-26(16-14-25)24-20-7-2-3-8-21(24)11-6-10-20/h4-5,9,12,20-21,24H,2-3,6-8,10-11,13-18H2,1H3. The average Bonchev–Trinajstić information content (AvgIpc) is 2.83. The van der Waals surface area contributed by atoms with Gasteiger partial charge in [0, 0.05) is 31.5 Å². The highest BCUT2D eigenvalue weighted by Crippen LogP contribution is 2.46. The maximum Gasteiger partial charge on any atom is 0.219 e. The Morgan fingerprint density at radius 2 is 1.61 bits per heavy atom. The molecule has 2 aliphatic heterocycles. The van der Waals surface area contributed by atoms with Crippen LogP contribution in [0.3, 0.4) is 0 Å². The second-order valence-electron chi connectivity index (χ2n) is 10.1. The van der Waals surface area contributed by atoms with Crippen molar-refractivity contribution in [1.29, 1.82) is 0 Å². The number of fused-ring (bicyclic) bond motifs is 4. The molecule has 3 fully saturated rings. The highest BCUT2D eigenvalue weighted by Gasteiger charge is 2.46. The Morgan fingerprint density at radius 3 is 2.29 bits per heavy atom. The minimum atomic E-state index is 0.177. The van der Waals surface area contributed by atoms with Crippen molar-refractivity contribution in [2.24, 2.45) is 11.8 Å². The Morgan fingerprint density at radius 1 is 0.964 bits per heavy atom. The number of rotatable bonds is 1. The third-order valence-corrected chi connectivity index (χ3v) is 8.58. The Labute approximate surface area is 170 Å². The van der Waals surface area contributed by atoms with Gasteiger partial charge in [0.15, 0.2) is 0 Å². The van der Waals surface area contributed by atoms with Crippen LogP contribution < -0.4 is 0 Å². The van der Waals surface area contributed by atoms with Gasteiger partial charge < -0.3 is 4.90 Å². The van der Waals surface area contributed by atoms with E-state index < -0.39 is 0 Å². The fraction of sp³-hybridized carbons (Fsp3) is 0.720. The Balaban J connectivity index is 1.38. The van der Waals surface area contributed by atoms with Gasteiger partial charge in [-0.15, -0.1) is 0 Å². The fourth-order valence-electron chi connectivity index (χ4n) is 7.20. The zero-order valence-corrected chi connectivity index (χ0v) is 17.5. The summed E-state index contributed by atoms with van der Waals surface area (Å²) in [6, 6.07) is 9.78. The van der Waals surface area contributed by atoms with Crippen molar-refractivity contribution in [2.75, 3.05) is 19.6 Å². The van der Waals surface area contributed by atoms with Gasteiger partial charge in [0.25, 0.3) is 0 Å². The summed E-state index contributed by atoms with van der Waals surface area (Å²) >= 11 is 0. The number of benzene rings is 1. The molecule has 5 rings (SSSR count). The van der Waals surface area contributed by atoms with Crippen molar-refractivity contribution in [3.05, 3.63) is 35.4 Å². The molecule has 4 aliphatic rings. The van der Waals surface area contributed by atoms with Gasteiger partial charge in [0.2, 0.25) is 5.91 Å². The van der Waals surface area contributed by atoms with Gasteiger partial charge in [0.05, 0.1) is 0 Å². The molecule has 1 saturated heterocycles. The summed E-state index contributed by atoms with van der Waals surface area (Å²) in [6.45, 7) is 5.90. The predicted molar refractivity (Wildman–Crippen MR) is 113 cm³/mol. The summed E-state index contributed by atoms with van der Waals surface area (Å²) in [5.74, 6) is 2.12. The van der Waals surface area contributed by atoms with E-state index in [9.17, 15) is 4.79 Å². The van der Waals surface area contributed by atoms with Gasteiger partial charge in [-0.05, 0) is 74.6 Å². The van der Waals surface area contributed by atoms with E-state index in [1.807, 2.05) is 0 Å². The monoisotopic (exact) mass is 380 g/mol. The van der Waals surface area contributed by atoms with Crippen LogP contribution in [0.4, 0.5) is 0 Å².